The van der Waals surface area contributed by atoms with Crippen LogP contribution in [0.1, 0.15) is 12.0 Å². The number of fused-ring (bicyclic) bond motifs is 1. The van der Waals surface area contributed by atoms with E-state index in [2.05, 4.69) is 16.5 Å². The van der Waals surface area contributed by atoms with E-state index in [1.807, 2.05) is 18.3 Å². The third-order valence-corrected chi connectivity index (χ3v) is 2.28. The number of nitrogens with two attached hydrogens (primary N) is 1. The lowest BCUT2D eigenvalue weighted by atomic mass is 10.1. The van der Waals surface area contributed by atoms with Gasteiger partial charge in [-0.25, -0.2) is 4.98 Å². The lowest BCUT2D eigenvalue weighted by Crippen LogP contribution is -1.98. The highest BCUT2D eigenvalue weighted by Crippen LogP contribution is 2.23. The summed E-state index contributed by atoms with van der Waals surface area (Å²) in [5, 5.41) is 1.12. The molecule has 0 bridgehead atoms. The minimum atomic E-state index is 0.631. The highest BCUT2D eigenvalue weighted by Gasteiger charge is 2.05. The Hall–Kier alpha value is -1.61. The summed E-state index contributed by atoms with van der Waals surface area (Å²) >= 11 is 0. The Balaban J connectivity index is 2.47. The summed E-state index contributed by atoms with van der Waals surface area (Å²) in [6.45, 7) is 4.64. The molecule has 0 aliphatic carbocycles. The first-order valence-electron chi connectivity index (χ1n) is 4.63. The van der Waals surface area contributed by atoms with Crippen LogP contribution in [0, 0.1) is 0 Å². The second-order valence-corrected chi connectivity index (χ2v) is 3.24. The molecule has 0 saturated carbocycles. The second kappa shape index (κ2) is 3.64. The lowest BCUT2D eigenvalue weighted by Gasteiger charge is -2.00. The van der Waals surface area contributed by atoms with E-state index in [0.717, 1.165) is 28.6 Å². The van der Waals surface area contributed by atoms with Crippen molar-refractivity contribution in [2.45, 2.75) is 6.42 Å². The molecule has 3 N–H and O–H groups in total. The van der Waals surface area contributed by atoms with Gasteiger partial charge in [-0.3, -0.25) is 0 Å². The van der Waals surface area contributed by atoms with Crippen molar-refractivity contribution in [1.29, 1.82) is 0 Å². The smallest absolute Gasteiger partial charge is 0.137 e. The van der Waals surface area contributed by atoms with Gasteiger partial charge in [-0.15, -0.1) is 0 Å². The zero-order chi connectivity index (χ0) is 9.97. The van der Waals surface area contributed by atoms with Crippen LogP contribution in [0.2, 0.25) is 0 Å². The number of hydrogen-bond acceptors (Lipinski definition) is 2. The molecule has 0 radical (unpaired) electrons. The van der Waals surface area contributed by atoms with Crippen molar-refractivity contribution in [3.63, 3.8) is 0 Å². The molecule has 0 spiro atoms. The normalized spacial score (nSPS) is 10.6. The van der Waals surface area contributed by atoms with Crippen molar-refractivity contribution in [1.82, 2.24) is 9.97 Å². The quantitative estimate of drug-likeness (QED) is 0.771. The predicted octanol–water partition coefficient (Wildman–Crippen LogP) is 1.92. The highest BCUT2D eigenvalue weighted by atomic mass is 14.8. The van der Waals surface area contributed by atoms with Gasteiger partial charge < -0.3 is 10.7 Å². The van der Waals surface area contributed by atoms with E-state index >= 15 is 0 Å². The standard InChI is InChI=1S/C11H13N3/c1-8(4-5-12)10-7-14-11-9(10)3-2-6-13-11/h2-3,6-7H,1,4-5,12H2,(H,13,14). The fraction of sp³-hybridized carbons (Fsp3) is 0.182. The monoisotopic (exact) mass is 187 g/mol. The Kier molecular flexibility index (Phi) is 2.33. The molecule has 14 heavy (non-hydrogen) atoms. The van der Waals surface area contributed by atoms with Gasteiger partial charge in [-0.2, -0.15) is 0 Å². The molecule has 0 saturated heterocycles. The van der Waals surface area contributed by atoms with E-state index < -0.39 is 0 Å². The molecular weight excluding hydrogens is 174 g/mol. The molecule has 0 atom stereocenters. The van der Waals surface area contributed by atoms with Gasteiger partial charge in [0.05, 0.1) is 0 Å². The Labute approximate surface area is 82.7 Å². The largest absolute Gasteiger partial charge is 0.346 e. The van der Waals surface area contributed by atoms with E-state index in [9.17, 15) is 0 Å². The third-order valence-electron chi connectivity index (χ3n) is 2.28. The van der Waals surface area contributed by atoms with Gasteiger partial charge in [-0.1, -0.05) is 6.58 Å². The zero-order valence-electron chi connectivity index (χ0n) is 7.96. The molecule has 0 aromatic carbocycles. The summed E-state index contributed by atoms with van der Waals surface area (Å²) in [6.07, 6.45) is 4.53. The van der Waals surface area contributed by atoms with Gasteiger partial charge in [0, 0.05) is 23.3 Å². The Morgan fingerprint density at radius 2 is 2.43 bits per heavy atom. The van der Waals surface area contributed by atoms with Gasteiger partial charge in [0.15, 0.2) is 0 Å². The number of nitrogens with zero attached hydrogens (tertiary/aromatic N) is 1. The third kappa shape index (κ3) is 1.42. The molecule has 72 valence electrons. The summed E-state index contributed by atoms with van der Waals surface area (Å²) in [4.78, 5) is 7.33. The van der Waals surface area contributed by atoms with E-state index in [-0.39, 0.29) is 0 Å². The average molecular weight is 187 g/mol. The van der Waals surface area contributed by atoms with E-state index in [1.165, 1.54) is 0 Å². The fourth-order valence-corrected chi connectivity index (χ4v) is 1.56. The molecule has 0 unspecified atom stereocenters. The molecule has 0 fully saturated rings. The van der Waals surface area contributed by atoms with Crippen molar-refractivity contribution in [2.24, 2.45) is 5.73 Å². The maximum absolute atomic E-state index is 5.49. The maximum atomic E-state index is 5.49. The van der Waals surface area contributed by atoms with Crippen molar-refractivity contribution >= 4 is 16.6 Å². The molecule has 3 nitrogen and oxygen atoms in total. The van der Waals surface area contributed by atoms with Gasteiger partial charge in [-0.05, 0) is 30.7 Å². The van der Waals surface area contributed by atoms with Gasteiger partial charge >= 0.3 is 0 Å². The second-order valence-electron chi connectivity index (χ2n) is 3.24. The first-order valence-corrected chi connectivity index (χ1v) is 4.63. The number of nitrogens with one attached hydrogen (secondary N) is 1. The molecule has 2 rings (SSSR count). The topological polar surface area (TPSA) is 54.7 Å². The SMILES string of the molecule is C=C(CCN)c1c[nH]c2ncccc12. The van der Waals surface area contributed by atoms with Crippen LogP contribution in [0.3, 0.4) is 0 Å². The summed E-state index contributed by atoms with van der Waals surface area (Å²) in [5.74, 6) is 0. The minimum Gasteiger partial charge on any atom is -0.346 e. The van der Waals surface area contributed by atoms with Crippen LogP contribution < -0.4 is 5.73 Å². The number of hydrogen-bond donors (Lipinski definition) is 2. The summed E-state index contributed by atoms with van der Waals surface area (Å²) in [5.41, 5.74) is 8.58. The molecule has 2 heterocycles. The minimum absolute atomic E-state index is 0.631. The van der Waals surface area contributed by atoms with Gasteiger partial charge in [0.25, 0.3) is 0 Å². The predicted molar refractivity (Wildman–Crippen MR) is 58.8 cm³/mol. The van der Waals surface area contributed by atoms with Crippen molar-refractivity contribution in [3.05, 3.63) is 36.7 Å². The lowest BCUT2D eigenvalue weighted by molar-refractivity contribution is 1.03. The van der Waals surface area contributed by atoms with E-state index in [4.69, 9.17) is 5.73 Å². The number of aromatic amines is 1. The first-order chi connectivity index (χ1) is 6.83. The molecule has 0 aliphatic rings. The summed E-state index contributed by atoms with van der Waals surface area (Å²) < 4.78 is 0. The van der Waals surface area contributed by atoms with E-state index in [0.29, 0.717) is 6.54 Å². The van der Waals surface area contributed by atoms with Crippen LogP contribution in [0.15, 0.2) is 31.1 Å². The average Bonchev–Trinajstić information content (AvgIpc) is 2.61. The van der Waals surface area contributed by atoms with Gasteiger partial charge in [0.1, 0.15) is 5.65 Å². The number of pyridine rings is 1. The zero-order valence-corrected chi connectivity index (χ0v) is 7.96. The van der Waals surface area contributed by atoms with Crippen LogP contribution in [-0.2, 0) is 0 Å². The molecule has 3 heteroatoms. The van der Waals surface area contributed by atoms with Crippen molar-refractivity contribution in [2.75, 3.05) is 6.54 Å². The molecule has 0 aliphatic heterocycles. The molecule has 2 aromatic rings. The van der Waals surface area contributed by atoms with Crippen molar-refractivity contribution in [3.8, 4) is 0 Å². The molecule has 0 amide bonds. The van der Waals surface area contributed by atoms with Gasteiger partial charge in [0.2, 0.25) is 0 Å². The Morgan fingerprint density at radius 3 is 3.21 bits per heavy atom. The first kappa shape index (κ1) is 8.97. The summed E-state index contributed by atoms with van der Waals surface area (Å²) in [6, 6.07) is 3.96. The number of H-pyrrole nitrogens is 1. The van der Waals surface area contributed by atoms with Crippen LogP contribution >= 0.6 is 0 Å². The Morgan fingerprint density at radius 1 is 1.57 bits per heavy atom. The highest BCUT2D eigenvalue weighted by molar-refractivity contribution is 5.89. The fourth-order valence-electron chi connectivity index (χ4n) is 1.56. The maximum Gasteiger partial charge on any atom is 0.137 e. The molecular formula is C11H13N3. The van der Waals surface area contributed by atoms with Crippen LogP contribution in [0.5, 0.6) is 0 Å². The molecule has 2 aromatic heterocycles. The number of aromatic nitrogens is 2. The van der Waals surface area contributed by atoms with Crippen LogP contribution in [0.4, 0.5) is 0 Å². The van der Waals surface area contributed by atoms with Crippen LogP contribution in [-0.4, -0.2) is 16.5 Å². The summed E-state index contributed by atoms with van der Waals surface area (Å²) in [7, 11) is 0. The van der Waals surface area contributed by atoms with E-state index in [1.54, 1.807) is 6.20 Å². The number of rotatable bonds is 3. The Bertz CT molecular complexity index is 456. The van der Waals surface area contributed by atoms with Crippen LogP contribution in [0.25, 0.3) is 16.6 Å². The van der Waals surface area contributed by atoms with Crippen molar-refractivity contribution < 1.29 is 0 Å².